The second kappa shape index (κ2) is 7.76. The highest BCUT2D eigenvalue weighted by Gasteiger charge is 2.12. The molecule has 104 valence electrons. The maximum absolute atomic E-state index is 11.8. The summed E-state index contributed by atoms with van der Waals surface area (Å²) < 4.78 is 0. The first-order valence-corrected chi connectivity index (χ1v) is 6.38. The Morgan fingerprint density at radius 3 is 2.47 bits per heavy atom. The number of amides is 2. The lowest BCUT2D eigenvalue weighted by Crippen LogP contribution is -2.41. The fourth-order valence-electron chi connectivity index (χ4n) is 1.55. The van der Waals surface area contributed by atoms with Gasteiger partial charge in [-0.25, -0.2) is 0 Å². The Hall–Kier alpha value is -1.59. The van der Waals surface area contributed by atoms with Crippen LogP contribution >= 0.6 is 11.6 Å². The van der Waals surface area contributed by atoms with Crippen LogP contribution in [0.4, 0.5) is 0 Å². The topological polar surface area (TPSA) is 69.6 Å². The third kappa shape index (κ3) is 4.89. The van der Waals surface area contributed by atoms with Gasteiger partial charge in [0.15, 0.2) is 0 Å². The predicted octanol–water partition coefficient (Wildman–Crippen LogP) is 0.911. The molecule has 5 nitrogen and oxygen atoms in total. The van der Waals surface area contributed by atoms with Gasteiger partial charge in [-0.05, 0) is 31.2 Å². The van der Waals surface area contributed by atoms with Gasteiger partial charge in [0.05, 0.1) is 13.2 Å². The summed E-state index contributed by atoms with van der Waals surface area (Å²) in [7, 11) is 0. The van der Waals surface area contributed by atoms with Crippen molar-refractivity contribution < 1.29 is 14.7 Å². The number of hydrogen-bond donors (Lipinski definition) is 2. The molecular formula is C13H17ClN2O3. The highest BCUT2D eigenvalue weighted by molar-refractivity contribution is 6.30. The number of hydrogen-bond acceptors (Lipinski definition) is 3. The lowest BCUT2D eigenvalue weighted by Gasteiger charge is -2.19. The van der Waals surface area contributed by atoms with Crippen molar-refractivity contribution in [1.29, 1.82) is 0 Å². The Labute approximate surface area is 117 Å². The van der Waals surface area contributed by atoms with Crippen molar-refractivity contribution in [2.24, 2.45) is 0 Å². The molecule has 0 aliphatic rings. The number of aliphatic hydroxyl groups is 1. The third-order valence-corrected chi connectivity index (χ3v) is 2.86. The average Bonchev–Trinajstić information content (AvgIpc) is 2.42. The molecule has 1 rings (SSSR count). The van der Waals surface area contributed by atoms with Crippen molar-refractivity contribution in [2.45, 2.75) is 6.92 Å². The van der Waals surface area contributed by atoms with Crippen molar-refractivity contribution in [3.63, 3.8) is 0 Å². The zero-order valence-electron chi connectivity index (χ0n) is 10.7. The second-order valence-electron chi connectivity index (χ2n) is 3.89. The van der Waals surface area contributed by atoms with Crippen molar-refractivity contribution in [1.82, 2.24) is 10.2 Å². The van der Waals surface area contributed by atoms with Crippen LogP contribution in [-0.4, -0.2) is 48.1 Å². The lowest BCUT2D eigenvalue weighted by atomic mass is 10.2. The molecule has 0 fully saturated rings. The number of carbonyl (C=O) groups excluding carboxylic acids is 2. The van der Waals surface area contributed by atoms with Crippen molar-refractivity contribution >= 4 is 23.4 Å². The second-order valence-corrected chi connectivity index (χ2v) is 4.32. The van der Waals surface area contributed by atoms with Gasteiger partial charge >= 0.3 is 0 Å². The molecule has 0 heterocycles. The van der Waals surface area contributed by atoms with E-state index in [1.165, 1.54) is 4.90 Å². The van der Waals surface area contributed by atoms with Gasteiger partial charge in [0, 0.05) is 23.7 Å². The van der Waals surface area contributed by atoms with E-state index >= 15 is 0 Å². The Bertz CT molecular complexity index is 434. The van der Waals surface area contributed by atoms with Crippen LogP contribution in [0.1, 0.15) is 17.3 Å². The van der Waals surface area contributed by atoms with E-state index in [-0.39, 0.29) is 31.5 Å². The first-order chi connectivity index (χ1) is 9.08. The average molecular weight is 285 g/mol. The number of halogens is 1. The predicted molar refractivity (Wildman–Crippen MR) is 73.1 cm³/mol. The molecule has 19 heavy (non-hydrogen) atoms. The van der Waals surface area contributed by atoms with Crippen LogP contribution in [0.5, 0.6) is 0 Å². The first-order valence-electron chi connectivity index (χ1n) is 6.01. The maximum atomic E-state index is 11.8. The molecule has 6 heteroatoms. The summed E-state index contributed by atoms with van der Waals surface area (Å²) in [5.74, 6) is -0.552. The van der Waals surface area contributed by atoms with Gasteiger partial charge in [0.1, 0.15) is 0 Å². The van der Waals surface area contributed by atoms with Gasteiger partial charge in [-0.2, -0.15) is 0 Å². The molecule has 0 spiro atoms. The molecule has 0 bridgehead atoms. The van der Waals surface area contributed by atoms with Gasteiger partial charge in [-0.1, -0.05) is 11.6 Å². The van der Waals surface area contributed by atoms with E-state index in [4.69, 9.17) is 16.7 Å². The minimum atomic E-state index is -0.329. The highest BCUT2D eigenvalue weighted by Crippen LogP contribution is 2.09. The summed E-state index contributed by atoms with van der Waals surface area (Å²) in [4.78, 5) is 25.0. The Morgan fingerprint density at radius 2 is 1.95 bits per heavy atom. The van der Waals surface area contributed by atoms with Crippen LogP contribution in [0, 0.1) is 0 Å². The van der Waals surface area contributed by atoms with Gasteiger partial charge in [0.25, 0.3) is 5.91 Å². The number of aliphatic hydroxyl groups excluding tert-OH is 1. The molecule has 0 unspecified atom stereocenters. The zero-order valence-corrected chi connectivity index (χ0v) is 11.5. The third-order valence-electron chi connectivity index (χ3n) is 2.61. The van der Waals surface area contributed by atoms with Gasteiger partial charge in [-0.15, -0.1) is 0 Å². The molecule has 2 N–H and O–H groups in total. The zero-order chi connectivity index (χ0) is 14.3. The monoisotopic (exact) mass is 284 g/mol. The number of carbonyl (C=O) groups is 2. The maximum Gasteiger partial charge on any atom is 0.251 e. The minimum absolute atomic E-state index is 0.0880. The first kappa shape index (κ1) is 15.5. The molecule has 0 aliphatic heterocycles. The Balaban J connectivity index is 2.49. The molecule has 0 saturated heterocycles. The normalized spacial score (nSPS) is 10.1. The molecule has 2 amide bonds. The summed E-state index contributed by atoms with van der Waals surface area (Å²) in [5.41, 5.74) is 0.447. The van der Waals surface area contributed by atoms with Crippen molar-refractivity contribution in [3.8, 4) is 0 Å². The number of likely N-dealkylation sites (N-methyl/N-ethyl adjacent to an activating group) is 1. The van der Waals surface area contributed by atoms with Crippen molar-refractivity contribution in [3.05, 3.63) is 34.9 Å². The Kier molecular flexibility index (Phi) is 6.32. The molecule has 0 aliphatic carbocycles. The van der Waals surface area contributed by atoms with Crippen LogP contribution in [0.2, 0.25) is 5.02 Å². The molecular weight excluding hydrogens is 268 g/mol. The SMILES string of the molecule is CCN(CCO)C(=O)CNC(=O)c1ccc(Cl)cc1. The molecule has 1 aromatic rings. The fourth-order valence-corrected chi connectivity index (χ4v) is 1.68. The van der Waals surface area contributed by atoms with E-state index in [0.29, 0.717) is 17.1 Å². The molecule has 0 saturated carbocycles. The smallest absolute Gasteiger partial charge is 0.251 e. The van der Waals surface area contributed by atoms with E-state index < -0.39 is 0 Å². The summed E-state index contributed by atoms with van der Waals surface area (Å²) >= 11 is 5.72. The van der Waals surface area contributed by atoms with Crippen LogP contribution in [-0.2, 0) is 4.79 Å². The van der Waals surface area contributed by atoms with Gasteiger partial charge in [-0.3, -0.25) is 9.59 Å². The van der Waals surface area contributed by atoms with Gasteiger partial charge in [0.2, 0.25) is 5.91 Å². The lowest BCUT2D eigenvalue weighted by molar-refractivity contribution is -0.130. The fraction of sp³-hybridized carbons (Fsp3) is 0.385. The molecule has 0 atom stereocenters. The Morgan fingerprint density at radius 1 is 1.32 bits per heavy atom. The highest BCUT2D eigenvalue weighted by atomic mass is 35.5. The van der Waals surface area contributed by atoms with Crippen LogP contribution < -0.4 is 5.32 Å². The quantitative estimate of drug-likeness (QED) is 0.816. The van der Waals surface area contributed by atoms with E-state index in [2.05, 4.69) is 5.32 Å². The van der Waals surface area contributed by atoms with Crippen LogP contribution in [0.15, 0.2) is 24.3 Å². The number of nitrogens with one attached hydrogen (secondary N) is 1. The number of nitrogens with zero attached hydrogens (tertiary/aromatic N) is 1. The molecule has 0 aromatic heterocycles. The van der Waals surface area contributed by atoms with E-state index in [9.17, 15) is 9.59 Å². The van der Waals surface area contributed by atoms with Gasteiger partial charge < -0.3 is 15.3 Å². The van der Waals surface area contributed by atoms with Crippen LogP contribution in [0.25, 0.3) is 0 Å². The van der Waals surface area contributed by atoms with Crippen molar-refractivity contribution in [2.75, 3.05) is 26.2 Å². The minimum Gasteiger partial charge on any atom is -0.395 e. The summed E-state index contributed by atoms with van der Waals surface area (Å²) in [6.07, 6.45) is 0. The molecule has 1 aromatic carbocycles. The summed E-state index contributed by atoms with van der Waals surface area (Å²) in [6, 6.07) is 6.41. The summed E-state index contributed by atoms with van der Waals surface area (Å²) in [5, 5.41) is 11.9. The number of benzene rings is 1. The van der Waals surface area contributed by atoms with E-state index in [0.717, 1.165) is 0 Å². The number of rotatable bonds is 6. The standard InChI is InChI=1S/C13H17ClN2O3/c1-2-16(7-8-17)12(18)9-15-13(19)10-3-5-11(14)6-4-10/h3-6,17H,2,7-9H2,1H3,(H,15,19). The van der Waals surface area contributed by atoms with Crippen LogP contribution in [0.3, 0.4) is 0 Å². The van der Waals surface area contributed by atoms with E-state index in [1.807, 2.05) is 6.92 Å². The largest absolute Gasteiger partial charge is 0.395 e. The molecule has 0 radical (unpaired) electrons. The summed E-state index contributed by atoms with van der Waals surface area (Å²) in [6.45, 7) is 2.40. The van der Waals surface area contributed by atoms with E-state index in [1.54, 1.807) is 24.3 Å².